The Kier molecular flexibility index (Phi) is 3.94. The number of nitrogens with one attached hydrogen (secondary N) is 1. The summed E-state index contributed by atoms with van der Waals surface area (Å²) in [6, 6.07) is 10.5. The Hall–Kier alpha value is -1.88. The van der Waals surface area contributed by atoms with E-state index < -0.39 is 5.97 Å². The quantitative estimate of drug-likeness (QED) is 0.852. The number of aromatic nitrogens is 1. The lowest BCUT2D eigenvalue weighted by Crippen LogP contribution is -2.02. The molecular weight excluding hydrogens is 296 g/mol. The maximum Gasteiger partial charge on any atom is 0.335 e. The minimum atomic E-state index is -0.912. The van der Waals surface area contributed by atoms with Gasteiger partial charge < -0.3 is 10.4 Å². The van der Waals surface area contributed by atoms with Crippen LogP contribution in [0.5, 0.6) is 0 Å². The van der Waals surface area contributed by atoms with Crippen LogP contribution in [-0.2, 0) is 6.54 Å². The summed E-state index contributed by atoms with van der Waals surface area (Å²) in [6.07, 6.45) is 1.71. The van der Waals surface area contributed by atoms with Crippen LogP contribution in [0.2, 0.25) is 0 Å². The molecule has 0 amide bonds. The highest BCUT2D eigenvalue weighted by atomic mass is 79.9. The Balaban J connectivity index is 2.02. The highest BCUT2D eigenvalue weighted by Crippen LogP contribution is 2.19. The molecule has 4 nitrogen and oxygen atoms in total. The van der Waals surface area contributed by atoms with Crippen LogP contribution in [-0.4, -0.2) is 16.1 Å². The van der Waals surface area contributed by atoms with Crippen molar-refractivity contribution in [2.45, 2.75) is 6.54 Å². The first-order valence-electron chi connectivity index (χ1n) is 5.33. The Bertz CT molecular complexity index is 555. The summed E-state index contributed by atoms with van der Waals surface area (Å²) < 4.78 is 0.757. The van der Waals surface area contributed by atoms with Crippen molar-refractivity contribution >= 4 is 27.6 Å². The van der Waals surface area contributed by atoms with E-state index in [2.05, 4.69) is 26.2 Å². The molecule has 0 aliphatic heterocycles. The summed E-state index contributed by atoms with van der Waals surface area (Å²) in [4.78, 5) is 14.8. The third-order valence-electron chi connectivity index (χ3n) is 2.44. The number of nitrogens with zero attached hydrogens (tertiary/aromatic N) is 1. The number of hydrogen-bond donors (Lipinski definition) is 2. The fourth-order valence-electron chi connectivity index (χ4n) is 1.48. The summed E-state index contributed by atoms with van der Waals surface area (Å²) in [6.45, 7) is 0.615. The Morgan fingerprint density at radius 1 is 1.28 bits per heavy atom. The molecule has 2 aromatic rings. The zero-order chi connectivity index (χ0) is 13.0. The molecule has 0 spiro atoms. The second kappa shape index (κ2) is 5.64. The van der Waals surface area contributed by atoms with Gasteiger partial charge in [0.2, 0.25) is 0 Å². The van der Waals surface area contributed by atoms with Gasteiger partial charge in [0.05, 0.1) is 11.3 Å². The maximum absolute atomic E-state index is 10.7. The van der Waals surface area contributed by atoms with Crippen molar-refractivity contribution in [3.63, 3.8) is 0 Å². The predicted molar refractivity (Wildman–Crippen MR) is 72.7 cm³/mol. The van der Waals surface area contributed by atoms with E-state index in [-0.39, 0.29) is 0 Å². The van der Waals surface area contributed by atoms with E-state index in [0.29, 0.717) is 12.1 Å². The predicted octanol–water partition coefficient (Wildman–Crippen LogP) is 3.15. The molecule has 18 heavy (non-hydrogen) atoms. The molecule has 0 atom stereocenters. The summed E-state index contributed by atoms with van der Waals surface area (Å²) in [5.74, 6) is -0.912. The van der Waals surface area contributed by atoms with Crippen molar-refractivity contribution in [3.05, 3.63) is 58.3 Å². The molecule has 1 heterocycles. The number of hydrogen-bond acceptors (Lipinski definition) is 3. The van der Waals surface area contributed by atoms with E-state index in [1.165, 1.54) is 0 Å². The molecule has 0 bridgehead atoms. The van der Waals surface area contributed by atoms with E-state index in [0.717, 1.165) is 15.9 Å². The van der Waals surface area contributed by atoms with Crippen LogP contribution in [0.1, 0.15) is 15.9 Å². The number of rotatable bonds is 4. The van der Waals surface area contributed by atoms with Gasteiger partial charge in [0, 0.05) is 12.7 Å². The van der Waals surface area contributed by atoms with E-state index in [1.807, 2.05) is 12.1 Å². The van der Waals surface area contributed by atoms with Gasteiger partial charge in [-0.1, -0.05) is 12.1 Å². The third kappa shape index (κ3) is 3.07. The molecule has 92 valence electrons. The van der Waals surface area contributed by atoms with Gasteiger partial charge in [-0.25, -0.2) is 9.78 Å². The lowest BCUT2D eigenvalue weighted by molar-refractivity contribution is 0.0697. The smallest absolute Gasteiger partial charge is 0.335 e. The van der Waals surface area contributed by atoms with Crippen molar-refractivity contribution < 1.29 is 9.90 Å². The largest absolute Gasteiger partial charge is 0.478 e. The molecular formula is C13H11BrN2O2. The van der Waals surface area contributed by atoms with Crippen molar-refractivity contribution in [1.29, 1.82) is 0 Å². The fraction of sp³-hybridized carbons (Fsp3) is 0.0769. The second-order valence-electron chi connectivity index (χ2n) is 3.70. The highest BCUT2D eigenvalue weighted by molar-refractivity contribution is 9.10. The van der Waals surface area contributed by atoms with Gasteiger partial charge in [0.1, 0.15) is 4.60 Å². The number of benzene rings is 1. The molecule has 2 N–H and O–H groups in total. The minimum absolute atomic E-state index is 0.293. The topological polar surface area (TPSA) is 62.2 Å². The van der Waals surface area contributed by atoms with E-state index in [9.17, 15) is 4.79 Å². The van der Waals surface area contributed by atoms with Gasteiger partial charge in [-0.2, -0.15) is 0 Å². The van der Waals surface area contributed by atoms with Crippen molar-refractivity contribution in [2.75, 3.05) is 5.32 Å². The van der Waals surface area contributed by atoms with Crippen LogP contribution >= 0.6 is 15.9 Å². The van der Waals surface area contributed by atoms with Crippen molar-refractivity contribution in [3.8, 4) is 0 Å². The zero-order valence-electron chi connectivity index (χ0n) is 9.43. The minimum Gasteiger partial charge on any atom is -0.478 e. The first kappa shape index (κ1) is 12.6. The van der Waals surface area contributed by atoms with Crippen LogP contribution in [0.3, 0.4) is 0 Å². The molecule has 0 saturated heterocycles. The lowest BCUT2D eigenvalue weighted by atomic mass is 10.1. The lowest BCUT2D eigenvalue weighted by Gasteiger charge is -2.07. The van der Waals surface area contributed by atoms with Crippen molar-refractivity contribution in [2.24, 2.45) is 0 Å². The molecule has 1 aromatic heterocycles. The molecule has 0 saturated carbocycles. The summed E-state index contributed by atoms with van der Waals surface area (Å²) in [5.41, 5.74) is 2.21. The first-order valence-corrected chi connectivity index (χ1v) is 6.13. The number of carbonyl (C=O) groups is 1. The standard InChI is InChI=1S/C13H11BrN2O2/c14-12-11(2-1-7-15-12)16-8-9-3-5-10(6-4-9)13(17)18/h1-7,16H,8H2,(H,17,18). The number of carboxylic acid groups (broad SMARTS) is 1. The second-order valence-corrected chi connectivity index (χ2v) is 4.45. The molecule has 0 fully saturated rings. The van der Waals surface area contributed by atoms with Crippen LogP contribution in [0.4, 0.5) is 5.69 Å². The SMILES string of the molecule is O=C(O)c1ccc(CNc2cccnc2Br)cc1. The van der Waals surface area contributed by atoms with Gasteiger partial charge in [0.15, 0.2) is 0 Å². The Morgan fingerprint density at radius 3 is 2.61 bits per heavy atom. The normalized spacial score (nSPS) is 10.1. The van der Waals surface area contributed by atoms with Gasteiger partial charge in [-0.3, -0.25) is 0 Å². The molecule has 5 heteroatoms. The molecule has 2 rings (SSSR count). The number of anilines is 1. The number of aromatic carboxylic acids is 1. The van der Waals surface area contributed by atoms with Gasteiger partial charge in [0.25, 0.3) is 0 Å². The van der Waals surface area contributed by atoms with E-state index in [4.69, 9.17) is 5.11 Å². The summed E-state index contributed by atoms with van der Waals surface area (Å²) >= 11 is 3.35. The third-order valence-corrected chi connectivity index (χ3v) is 3.07. The zero-order valence-corrected chi connectivity index (χ0v) is 11.0. The monoisotopic (exact) mass is 306 g/mol. The Labute approximate surface area is 113 Å². The highest BCUT2D eigenvalue weighted by Gasteiger charge is 2.02. The van der Waals surface area contributed by atoms with Crippen molar-refractivity contribution in [1.82, 2.24) is 4.98 Å². The van der Waals surface area contributed by atoms with Gasteiger partial charge >= 0.3 is 5.97 Å². The van der Waals surface area contributed by atoms with Gasteiger partial charge in [-0.05, 0) is 45.8 Å². The fourth-order valence-corrected chi connectivity index (χ4v) is 1.87. The molecule has 0 radical (unpaired) electrons. The molecule has 0 aliphatic carbocycles. The first-order chi connectivity index (χ1) is 8.66. The van der Waals surface area contributed by atoms with Crippen LogP contribution in [0.15, 0.2) is 47.2 Å². The molecule has 1 aromatic carbocycles. The average molecular weight is 307 g/mol. The molecule has 0 aliphatic rings. The van der Waals surface area contributed by atoms with Crippen LogP contribution < -0.4 is 5.32 Å². The number of carboxylic acids is 1. The summed E-state index contributed by atoms with van der Waals surface area (Å²) in [7, 11) is 0. The molecule has 0 unspecified atom stereocenters. The number of halogens is 1. The van der Waals surface area contributed by atoms with Crippen LogP contribution in [0, 0.1) is 0 Å². The number of pyridine rings is 1. The van der Waals surface area contributed by atoms with E-state index >= 15 is 0 Å². The average Bonchev–Trinajstić information content (AvgIpc) is 2.38. The van der Waals surface area contributed by atoms with Crippen LogP contribution in [0.25, 0.3) is 0 Å². The van der Waals surface area contributed by atoms with E-state index in [1.54, 1.807) is 30.5 Å². The van der Waals surface area contributed by atoms with Gasteiger partial charge in [-0.15, -0.1) is 0 Å². The Morgan fingerprint density at radius 2 is 2.00 bits per heavy atom. The summed E-state index contributed by atoms with van der Waals surface area (Å²) in [5, 5.41) is 12.0. The maximum atomic E-state index is 10.7.